The summed E-state index contributed by atoms with van der Waals surface area (Å²) in [7, 11) is 0. The van der Waals surface area contributed by atoms with E-state index in [1.807, 2.05) is 11.8 Å². The molecule has 1 aliphatic rings. The van der Waals surface area contributed by atoms with Crippen molar-refractivity contribution >= 4 is 17.7 Å². The molecule has 0 spiro atoms. The number of carbonyl (C=O) groups excluding carboxylic acids is 1. The molecular weight excluding hydrogens is 210 g/mol. The third-order valence-electron chi connectivity index (χ3n) is 2.75. The topological polar surface area (TPSA) is 37.6 Å². The standard InChI is InChI=1S/C10H15N3OS/c1-9-11-10(7-15-9)6-12-2-4-13(8-14)5-3-12/h7-8H,2-6H2,1H3/p+1. The number of carbonyl (C=O) groups is 1. The molecular formula is C10H16N3OS+. The van der Waals surface area contributed by atoms with Crippen molar-refractivity contribution in [3.63, 3.8) is 0 Å². The van der Waals surface area contributed by atoms with Crippen LogP contribution in [0.2, 0.25) is 0 Å². The van der Waals surface area contributed by atoms with Gasteiger partial charge in [0.1, 0.15) is 12.2 Å². The van der Waals surface area contributed by atoms with Crippen molar-refractivity contribution in [2.24, 2.45) is 0 Å². The second-order valence-electron chi connectivity index (χ2n) is 3.93. The van der Waals surface area contributed by atoms with Crippen LogP contribution in [0.3, 0.4) is 0 Å². The van der Waals surface area contributed by atoms with Crippen LogP contribution in [-0.4, -0.2) is 42.5 Å². The van der Waals surface area contributed by atoms with Gasteiger partial charge in [-0.05, 0) is 6.92 Å². The second-order valence-corrected chi connectivity index (χ2v) is 4.99. The zero-order valence-corrected chi connectivity index (χ0v) is 9.72. The second kappa shape index (κ2) is 4.72. The first-order valence-electron chi connectivity index (χ1n) is 5.22. The van der Waals surface area contributed by atoms with E-state index in [0.29, 0.717) is 0 Å². The van der Waals surface area contributed by atoms with E-state index in [2.05, 4.69) is 10.4 Å². The molecule has 1 aromatic rings. The molecule has 4 nitrogen and oxygen atoms in total. The van der Waals surface area contributed by atoms with Crippen LogP contribution in [0.15, 0.2) is 5.38 Å². The molecule has 15 heavy (non-hydrogen) atoms. The van der Waals surface area contributed by atoms with Gasteiger partial charge in [-0.1, -0.05) is 0 Å². The highest BCUT2D eigenvalue weighted by Crippen LogP contribution is 2.06. The summed E-state index contributed by atoms with van der Waals surface area (Å²) in [6.07, 6.45) is 0.948. The first-order valence-corrected chi connectivity index (χ1v) is 6.10. The van der Waals surface area contributed by atoms with Gasteiger partial charge >= 0.3 is 0 Å². The third-order valence-corrected chi connectivity index (χ3v) is 3.57. The normalized spacial score (nSPS) is 18.1. The van der Waals surface area contributed by atoms with Gasteiger partial charge in [0.05, 0.1) is 31.2 Å². The number of nitrogens with one attached hydrogen (secondary N) is 1. The number of amides is 1. The summed E-state index contributed by atoms with van der Waals surface area (Å²) in [5, 5.41) is 3.27. The van der Waals surface area contributed by atoms with Gasteiger partial charge < -0.3 is 9.80 Å². The lowest BCUT2D eigenvalue weighted by Gasteiger charge is -2.29. The van der Waals surface area contributed by atoms with Gasteiger partial charge in [-0.15, -0.1) is 11.3 Å². The van der Waals surface area contributed by atoms with E-state index in [1.165, 1.54) is 10.6 Å². The van der Waals surface area contributed by atoms with Crippen LogP contribution in [0, 0.1) is 6.92 Å². The Labute approximate surface area is 93.5 Å². The van der Waals surface area contributed by atoms with Gasteiger partial charge in [0.15, 0.2) is 0 Å². The number of hydrogen-bond acceptors (Lipinski definition) is 3. The fraction of sp³-hybridized carbons (Fsp3) is 0.600. The number of quaternary nitrogens is 1. The van der Waals surface area contributed by atoms with E-state index in [9.17, 15) is 4.79 Å². The lowest BCUT2D eigenvalue weighted by atomic mass is 10.3. The fourth-order valence-electron chi connectivity index (χ4n) is 1.87. The van der Waals surface area contributed by atoms with Crippen LogP contribution in [0.5, 0.6) is 0 Å². The molecule has 1 N–H and O–H groups in total. The molecule has 2 heterocycles. The largest absolute Gasteiger partial charge is 0.334 e. The number of hydrogen-bond donors (Lipinski definition) is 1. The van der Waals surface area contributed by atoms with Gasteiger partial charge in [0.2, 0.25) is 6.41 Å². The lowest BCUT2D eigenvalue weighted by molar-refractivity contribution is -0.917. The molecule has 1 fully saturated rings. The monoisotopic (exact) mass is 226 g/mol. The molecule has 1 aromatic heterocycles. The smallest absolute Gasteiger partial charge is 0.210 e. The average Bonchev–Trinajstić information content (AvgIpc) is 2.65. The molecule has 5 heteroatoms. The minimum Gasteiger partial charge on any atom is -0.334 e. The van der Waals surface area contributed by atoms with Crippen LogP contribution < -0.4 is 4.90 Å². The summed E-state index contributed by atoms with van der Waals surface area (Å²) in [6, 6.07) is 0. The average molecular weight is 226 g/mol. The Hall–Kier alpha value is -0.940. The van der Waals surface area contributed by atoms with E-state index >= 15 is 0 Å². The first-order chi connectivity index (χ1) is 7.28. The highest BCUT2D eigenvalue weighted by Gasteiger charge is 2.19. The Balaban J connectivity index is 1.84. The van der Waals surface area contributed by atoms with Crippen LogP contribution in [0.1, 0.15) is 10.7 Å². The predicted molar refractivity (Wildman–Crippen MR) is 58.9 cm³/mol. The minimum absolute atomic E-state index is 0.877. The van der Waals surface area contributed by atoms with Crippen LogP contribution >= 0.6 is 11.3 Å². The van der Waals surface area contributed by atoms with Crippen molar-refractivity contribution < 1.29 is 9.69 Å². The summed E-state index contributed by atoms with van der Waals surface area (Å²) in [6.45, 7) is 6.86. The lowest BCUT2D eigenvalue weighted by Crippen LogP contribution is -3.13. The van der Waals surface area contributed by atoms with Crippen LogP contribution in [-0.2, 0) is 11.3 Å². The van der Waals surface area contributed by atoms with Gasteiger partial charge in [-0.2, -0.15) is 0 Å². The maximum absolute atomic E-state index is 10.5. The molecule has 2 rings (SSSR count). The first kappa shape index (κ1) is 10.6. The van der Waals surface area contributed by atoms with Gasteiger partial charge in [-0.25, -0.2) is 4.98 Å². The number of rotatable bonds is 3. The quantitative estimate of drug-likeness (QED) is 0.693. The van der Waals surface area contributed by atoms with E-state index in [4.69, 9.17) is 0 Å². The molecule has 0 unspecified atom stereocenters. The highest BCUT2D eigenvalue weighted by molar-refractivity contribution is 7.09. The summed E-state index contributed by atoms with van der Waals surface area (Å²) in [5.41, 5.74) is 1.19. The number of aryl methyl sites for hydroxylation is 1. The van der Waals surface area contributed by atoms with Crippen LogP contribution in [0.4, 0.5) is 0 Å². The summed E-state index contributed by atoms with van der Waals surface area (Å²) in [5.74, 6) is 0. The number of aromatic nitrogens is 1. The summed E-state index contributed by atoms with van der Waals surface area (Å²) < 4.78 is 0. The van der Waals surface area contributed by atoms with E-state index in [1.54, 1.807) is 11.3 Å². The van der Waals surface area contributed by atoms with E-state index < -0.39 is 0 Å². The Bertz CT molecular complexity index is 331. The molecule has 0 bridgehead atoms. The minimum atomic E-state index is 0.877. The fourth-order valence-corrected chi connectivity index (χ4v) is 2.48. The summed E-state index contributed by atoms with van der Waals surface area (Å²) in [4.78, 5) is 18.4. The molecule has 1 aliphatic heterocycles. The molecule has 0 saturated carbocycles. The zero-order chi connectivity index (χ0) is 10.7. The van der Waals surface area contributed by atoms with Gasteiger partial charge in [0.25, 0.3) is 0 Å². The Morgan fingerprint density at radius 1 is 1.60 bits per heavy atom. The van der Waals surface area contributed by atoms with Crippen molar-refractivity contribution in [1.29, 1.82) is 0 Å². The molecule has 1 saturated heterocycles. The van der Waals surface area contributed by atoms with Crippen molar-refractivity contribution in [2.45, 2.75) is 13.5 Å². The molecule has 0 aliphatic carbocycles. The Morgan fingerprint density at radius 2 is 2.33 bits per heavy atom. The van der Waals surface area contributed by atoms with Crippen molar-refractivity contribution in [3.05, 3.63) is 16.1 Å². The molecule has 82 valence electrons. The number of nitrogens with zero attached hydrogens (tertiary/aromatic N) is 2. The van der Waals surface area contributed by atoms with E-state index in [-0.39, 0.29) is 0 Å². The molecule has 0 atom stereocenters. The molecule has 0 radical (unpaired) electrons. The number of thiazole rings is 1. The number of piperazine rings is 1. The predicted octanol–water partition coefficient (Wildman–Crippen LogP) is -0.692. The maximum Gasteiger partial charge on any atom is 0.210 e. The van der Waals surface area contributed by atoms with E-state index in [0.717, 1.165) is 44.1 Å². The third kappa shape index (κ3) is 2.76. The van der Waals surface area contributed by atoms with Crippen LogP contribution in [0.25, 0.3) is 0 Å². The Kier molecular flexibility index (Phi) is 3.33. The molecule has 1 amide bonds. The van der Waals surface area contributed by atoms with Gasteiger partial charge in [0, 0.05) is 5.38 Å². The SMILES string of the molecule is Cc1nc(C[NH+]2CCN(C=O)CC2)cs1. The summed E-state index contributed by atoms with van der Waals surface area (Å²) >= 11 is 1.71. The van der Waals surface area contributed by atoms with Crippen molar-refractivity contribution in [3.8, 4) is 0 Å². The van der Waals surface area contributed by atoms with Crippen molar-refractivity contribution in [1.82, 2.24) is 9.88 Å². The molecule has 0 aromatic carbocycles. The van der Waals surface area contributed by atoms with Gasteiger partial charge in [-0.3, -0.25) is 4.79 Å². The highest BCUT2D eigenvalue weighted by atomic mass is 32.1. The van der Waals surface area contributed by atoms with Crippen molar-refractivity contribution in [2.75, 3.05) is 26.2 Å². The zero-order valence-electron chi connectivity index (χ0n) is 8.90. The maximum atomic E-state index is 10.5. The Morgan fingerprint density at radius 3 is 2.87 bits per heavy atom.